The van der Waals surface area contributed by atoms with Crippen molar-refractivity contribution >= 4 is 5.91 Å². The molecule has 4 heteroatoms. The van der Waals surface area contributed by atoms with Crippen molar-refractivity contribution in [2.24, 2.45) is 5.92 Å². The van der Waals surface area contributed by atoms with Crippen LogP contribution in [0.1, 0.15) is 26.2 Å². The van der Waals surface area contributed by atoms with Crippen molar-refractivity contribution in [3.8, 4) is 0 Å². The van der Waals surface area contributed by atoms with Crippen molar-refractivity contribution in [2.75, 3.05) is 33.7 Å². The van der Waals surface area contributed by atoms with Gasteiger partial charge in [-0.1, -0.05) is 13.3 Å². The highest BCUT2D eigenvalue weighted by Gasteiger charge is 2.40. The highest BCUT2D eigenvalue weighted by atomic mass is 16.2. The zero-order valence-corrected chi connectivity index (χ0v) is 11.3. The van der Waals surface area contributed by atoms with E-state index in [1.165, 1.54) is 6.42 Å². The lowest BCUT2D eigenvalue weighted by atomic mass is 9.98. The maximum atomic E-state index is 12.2. The highest BCUT2D eigenvalue weighted by Crippen LogP contribution is 2.28. The molecule has 0 aromatic rings. The molecule has 0 spiro atoms. The highest BCUT2D eigenvalue weighted by molar-refractivity contribution is 5.81. The van der Waals surface area contributed by atoms with E-state index >= 15 is 0 Å². The van der Waals surface area contributed by atoms with E-state index in [2.05, 4.69) is 17.1 Å². The fourth-order valence-electron chi connectivity index (χ4n) is 3.27. The molecule has 0 radical (unpaired) electrons. The lowest BCUT2D eigenvalue weighted by Crippen LogP contribution is -2.50. The summed E-state index contributed by atoms with van der Waals surface area (Å²) in [6, 6.07) is 0.695. The van der Waals surface area contributed by atoms with Crippen molar-refractivity contribution in [1.29, 1.82) is 0 Å². The standard InChI is InChI=1S/C13H25N3O/c1-4-10-8-14-9-12(10)16-7-5-6-11(16)13(17)15(2)3/h10-12,14H,4-9H2,1-3H3. The zero-order chi connectivity index (χ0) is 12.4. The van der Waals surface area contributed by atoms with Gasteiger partial charge in [-0.05, 0) is 31.8 Å². The van der Waals surface area contributed by atoms with Gasteiger partial charge >= 0.3 is 0 Å². The Morgan fingerprint density at radius 3 is 2.82 bits per heavy atom. The number of likely N-dealkylation sites (N-methyl/N-ethyl adjacent to an activating group) is 1. The van der Waals surface area contributed by atoms with Crippen molar-refractivity contribution in [3.05, 3.63) is 0 Å². The molecular weight excluding hydrogens is 214 g/mol. The fraction of sp³-hybridized carbons (Fsp3) is 0.923. The fourth-order valence-corrected chi connectivity index (χ4v) is 3.27. The number of carbonyl (C=O) groups excluding carboxylic acids is 1. The first-order valence-corrected chi connectivity index (χ1v) is 6.82. The Kier molecular flexibility index (Phi) is 4.05. The average molecular weight is 239 g/mol. The number of amides is 1. The minimum Gasteiger partial charge on any atom is -0.347 e. The van der Waals surface area contributed by atoms with Crippen LogP contribution < -0.4 is 5.32 Å². The molecule has 3 unspecified atom stereocenters. The Morgan fingerprint density at radius 1 is 1.41 bits per heavy atom. The summed E-state index contributed by atoms with van der Waals surface area (Å²) >= 11 is 0. The Bertz CT molecular complexity index is 280. The molecule has 0 aromatic carbocycles. The second kappa shape index (κ2) is 5.36. The first-order valence-electron chi connectivity index (χ1n) is 6.82. The van der Waals surface area contributed by atoms with E-state index in [-0.39, 0.29) is 11.9 Å². The predicted molar refractivity (Wildman–Crippen MR) is 68.9 cm³/mol. The Labute approximate surface area is 104 Å². The van der Waals surface area contributed by atoms with E-state index in [4.69, 9.17) is 0 Å². The first kappa shape index (κ1) is 12.8. The van der Waals surface area contributed by atoms with Crippen LogP contribution in [0.25, 0.3) is 0 Å². The van der Waals surface area contributed by atoms with Gasteiger partial charge in [0, 0.05) is 26.7 Å². The van der Waals surface area contributed by atoms with Crippen LogP contribution in [0.15, 0.2) is 0 Å². The van der Waals surface area contributed by atoms with Crippen molar-refractivity contribution in [3.63, 3.8) is 0 Å². The molecule has 0 bridgehead atoms. The van der Waals surface area contributed by atoms with Gasteiger partial charge in [0.15, 0.2) is 0 Å². The largest absolute Gasteiger partial charge is 0.347 e. The molecule has 2 saturated heterocycles. The van der Waals surface area contributed by atoms with Crippen LogP contribution in [0, 0.1) is 5.92 Å². The summed E-state index contributed by atoms with van der Waals surface area (Å²) in [5.41, 5.74) is 0. The summed E-state index contributed by atoms with van der Waals surface area (Å²) < 4.78 is 0. The molecule has 2 fully saturated rings. The summed E-state index contributed by atoms with van der Waals surface area (Å²) in [7, 11) is 3.73. The van der Waals surface area contributed by atoms with Gasteiger partial charge in [0.25, 0.3) is 0 Å². The van der Waals surface area contributed by atoms with Gasteiger partial charge in [-0.3, -0.25) is 9.69 Å². The Morgan fingerprint density at radius 2 is 2.18 bits per heavy atom. The average Bonchev–Trinajstić information content (AvgIpc) is 2.95. The van der Waals surface area contributed by atoms with E-state index in [1.807, 2.05) is 14.1 Å². The molecule has 17 heavy (non-hydrogen) atoms. The van der Waals surface area contributed by atoms with Gasteiger partial charge in [-0.25, -0.2) is 0 Å². The molecule has 0 aromatic heterocycles. The number of likely N-dealkylation sites (tertiary alicyclic amines) is 1. The molecule has 1 amide bonds. The molecule has 2 heterocycles. The number of rotatable bonds is 3. The summed E-state index contributed by atoms with van der Waals surface area (Å²) in [4.78, 5) is 16.4. The van der Waals surface area contributed by atoms with E-state index in [9.17, 15) is 4.79 Å². The van der Waals surface area contributed by atoms with Crippen LogP contribution in [0.5, 0.6) is 0 Å². The third-order valence-corrected chi connectivity index (χ3v) is 4.27. The molecule has 2 aliphatic rings. The number of nitrogens with zero attached hydrogens (tertiary/aromatic N) is 2. The van der Waals surface area contributed by atoms with E-state index in [1.54, 1.807) is 4.90 Å². The Balaban J connectivity index is 2.06. The van der Waals surface area contributed by atoms with Gasteiger partial charge in [0.2, 0.25) is 5.91 Å². The lowest BCUT2D eigenvalue weighted by molar-refractivity contribution is -0.134. The van der Waals surface area contributed by atoms with Crippen LogP contribution >= 0.6 is 0 Å². The second-order valence-corrected chi connectivity index (χ2v) is 5.52. The molecule has 2 aliphatic heterocycles. The number of hydrogen-bond acceptors (Lipinski definition) is 3. The third kappa shape index (κ3) is 2.47. The van der Waals surface area contributed by atoms with E-state index in [0.29, 0.717) is 12.0 Å². The summed E-state index contributed by atoms with van der Waals surface area (Å²) in [6.07, 6.45) is 3.40. The first-order chi connectivity index (χ1) is 8.15. The molecule has 1 N–H and O–H groups in total. The number of hydrogen-bond donors (Lipinski definition) is 1. The van der Waals surface area contributed by atoms with Gasteiger partial charge in [-0.15, -0.1) is 0 Å². The molecule has 0 aliphatic carbocycles. The topological polar surface area (TPSA) is 35.6 Å². The molecule has 98 valence electrons. The van der Waals surface area contributed by atoms with Crippen LogP contribution in [-0.2, 0) is 4.79 Å². The van der Waals surface area contributed by atoms with Gasteiger partial charge in [0.05, 0.1) is 6.04 Å². The van der Waals surface area contributed by atoms with Crippen LogP contribution in [0.3, 0.4) is 0 Å². The second-order valence-electron chi connectivity index (χ2n) is 5.52. The molecule has 2 rings (SSSR count). The van der Waals surface area contributed by atoms with Gasteiger partial charge in [-0.2, -0.15) is 0 Å². The number of carbonyl (C=O) groups is 1. The lowest BCUT2D eigenvalue weighted by Gasteiger charge is -2.33. The quantitative estimate of drug-likeness (QED) is 0.781. The minimum atomic E-state index is 0.129. The molecule has 4 nitrogen and oxygen atoms in total. The van der Waals surface area contributed by atoms with Crippen LogP contribution in [0.2, 0.25) is 0 Å². The maximum Gasteiger partial charge on any atom is 0.239 e. The van der Waals surface area contributed by atoms with Crippen molar-refractivity contribution < 1.29 is 4.79 Å². The zero-order valence-electron chi connectivity index (χ0n) is 11.3. The predicted octanol–water partition coefficient (Wildman–Crippen LogP) is 0.537. The van der Waals surface area contributed by atoms with Gasteiger partial charge < -0.3 is 10.2 Å². The summed E-state index contributed by atoms with van der Waals surface area (Å²) in [6.45, 7) is 5.51. The summed E-state index contributed by atoms with van der Waals surface area (Å²) in [5, 5.41) is 3.47. The molecule has 3 atom stereocenters. The van der Waals surface area contributed by atoms with E-state index in [0.717, 1.165) is 32.5 Å². The molecule has 0 saturated carbocycles. The van der Waals surface area contributed by atoms with E-state index < -0.39 is 0 Å². The van der Waals surface area contributed by atoms with Crippen molar-refractivity contribution in [2.45, 2.75) is 38.3 Å². The number of nitrogens with one attached hydrogen (secondary N) is 1. The van der Waals surface area contributed by atoms with Crippen molar-refractivity contribution in [1.82, 2.24) is 15.1 Å². The summed E-state index contributed by atoms with van der Waals surface area (Å²) in [5.74, 6) is 0.995. The maximum absolute atomic E-state index is 12.2. The third-order valence-electron chi connectivity index (χ3n) is 4.27. The SMILES string of the molecule is CCC1CNCC1N1CCCC1C(=O)N(C)C. The van der Waals surface area contributed by atoms with Gasteiger partial charge in [0.1, 0.15) is 0 Å². The smallest absolute Gasteiger partial charge is 0.239 e. The Hall–Kier alpha value is -0.610. The van der Waals surface area contributed by atoms with Crippen LogP contribution in [-0.4, -0.2) is 61.5 Å². The minimum absolute atomic E-state index is 0.129. The normalized spacial score (nSPS) is 34.2. The monoisotopic (exact) mass is 239 g/mol. The van der Waals surface area contributed by atoms with Crippen LogP contribution in [0.4, 0.5) is 0 Å². The molecular formula is C13H25N3O.